The Morgan fingerprint density at radius 2 is 1.87 bits per heavy atom. The van der Waals surface area contributed by atoms with Crippen LogP contribution < -0.4 is 0 Å². The van der Waals surface area contributed by atoms with Crippen molar-refractivity contribution in [3.8, 4) is 0 Å². The van der Waals surface area contributed by atoms with Crippen molar-refractivity contribution in [2.75, 3.05) is 0 Å². The average molecular weight is 206 g/mol. The van der Waals surface area contributed by atoms with Crippen LogP contribution >= 0.6 is 0 Å². The van der Waals surface area contributed by atoms with Crippen molar-refractivity contribution in [1.82, 2.24) is 0 Å². The zero-order valence-electron chi connectivity index (χ0n) is 10.8. The zero-order valence-corrected chi connectivity index (χ0v) is 10.8. The second-order valence-corrected chi connectivity index (χ2v) is 6.21. The first-order chi connectivity index (χ1) is 7.09. The lowest BCUT2D eigenvalue weighted by molar-refractivity contribution is 0.337. The van der Waals surface area contributed by atoms with Gasteiger partial charge >= 0.3 is 0 Å². The molecule has 0 saturated heterocycles. The van der Waals surface area contributed by atoms with Crippen molar-refractivity contribution >= 4 is 0 Å². The summed E-state index contributed by atoms with van der Waals surface area (Å²) in [6.07, 6.45) is 7.18. The van der Waals surface area contributed by atoms with Crippen molar-refractivity contribution in [2.24, 2.45) is 23.7 Å². The van der Waals surface area contributed by atoms with Crippen LogP contribution in [0.4, 0.5) is 0 Å². The van der Waals surface area contributed by atoms with Crippen LogP contribution in [-0.2, 0) is 0 Å². The molecule has 2 aliphatic carbocycles. The summed E-state index contributed by atoms with van der Waals surface area (Å²) in [7, 11) is 0. The number of allylic oxidation sites excluding steroid dienone is 2. The molecule has 0 aromatic carbocycles. The van der Waals surface area contributed by atoms with Crippen molar-refractivity contribution in [3.05, 3.63) is 11.1 Å². The first-order valence-corrected chi connectivity index (χ1v) is 6.78. The molecule has 0 amide bonds. The van der Waals surface area contributed by atoms with Crippen molar-refractivity contribution in [2.45, 2.75) is 59.8 Å². The Morgan fingerprint density at radius 1 is 1.13 bits per heavy atom. The quantitative estimate of drug-likeness (QED) is 0.540. The molecule has 0 heteroatoms. The maximum Gasteiger partial charge on any atom is -0.0172 e. The monoisotopic (exact) mass is 206 g/mol. The first kappa shape index (κ1) is 11.2. The fourth-order valence-electron chi connectivity index (χ4n) is 3.61. The van der Waals surface area contributed by atoms with Gasteiger partial charge in [-0.15, -0.1) is 0 Å². The van der Waals surface area contributed by atoms with E-state index < -0.39 is 0 Å². The summed E-state index contributed by atoms with van der Waals surface area (Å²) in [6, 6.07) is 0. The summed E-state index contributed by atoms with van der Waals surface area (Å²) in [5, 5.41) is 0. The van der Waals surface area contributed by atoms with Gasteiger partial charge in [-0.2, -0.15) is 0 Å². The van der Waals surface area contributed by atoms with Crippen LogP contribution in [0.2, 0.25) is 0 Å². The normalized spacial score (nSPS) is 37.0. The van der Waals surface area contributed by atoms with E-state index in [0.29, 0.717) is 0 Å². The Hall–Kier alpha value is -0.260. The molecule has 0 aliphatic heterocycles. The molecule has 15 heavy (non-hydrogen) atoms. The Labute approximate surface area is 95.1 Å². The van der Waals surface area contributed by atoms with Gasteiger partial charge in [-0.3, -0.25) is 0 Å². The van der Waals surface area contributed by atoms with E-state index in [1.54, 1.807) is 5.57 Å². The second kappa shape index (κ2) is 4.31. The van der Waals surface area contributed by atoms with Crippen LogP contribution in [0.3, 0.4) is 0 Å². The molecule has 0 aromatic rings. The SMILES string of the molecule is CC1=C2CC(C(C)C)CCC(C)C2CC1. The van der Waals surface area contributed by atoms with Crippen LogP contribution in [0.25, 0.3) is 0 Å². The highest BCUT2D eigenvalue weighted by Gasteiger charge is 2.33. The predicted octanol–water partition coefficient (Wildman–Crippen LogP) is 4.81. The van der Waals surface area contributed by atoms with Crippen LogP contribution in [-0.4, -0.2) is 0 Å². The molecule has 0 N–H and O–H groups in total. The molecule has 86 valence electrons. The molecule has 0 bridgehead atoms. The lowest BCUT2D eigenvalue weighted by atomic mass is 9.85. The third-order valence-corrected chi connectivity index (χ3v) is 4.93. The van der Waals surface area contributed by atoms with E-state index >= 15 is 0 Å². The van der Waals surface area contributed by atoms with Gasteiger partial charge in [0, 0.05) is 0 Å². The molecule has 0 nitrogen and oxygen atoms in total. The van der Waals surface area contributed by atoms with Gasteiger partial charge in [0.2, 0.25) is 0 Å². The molecule has 0 aromatic heterocycles. The van der Waals surface area contributed by atoms with Crippen molar-refractivity contribution < 1.29 is 0 Å². The molecule has 0 radical (unpaired) electrons. The van der Waals surface area contributed by atoms with E-state index in [9.17, 15) is 0 Å². The van der Waals surface area contributed by atoms with Crippen molar-refractivity contribution in [3.63, 3.8) is 0 Å². The molecule has 0 spiro atoms. The van der Waals surface area contributed by atoms with Gasteiger partial charge in [0.05, 0.1) is 0 Å². The summed E-state index contributed by atoms with van der Waals surface area (Å²) >= 11 is 0. The second-order valence-electron chi connectivity index (χ2n) is 6.21. The average Bonchev–Trinajstić information content (AvgIpc) is 2.43. The summed E-state index contributed by atoms with van der Waals surface area (Å²) in [6.45, 7) is 9.66. The molecule has 0 heterocycles. The Morgan fingerprint density at radius 3 is 2.53 bits per heavy atom. The van der Waals surface area contributed by atoms with Crippen LogP contribution in [0, 0.1) is 23.7 Å². The zero-order chi connectivity index (χ0) is 11.0. The van der Waals surface area contributed by atoms with E-state index in [0.717, 1.165) is 23.7 Å². The minimum atomic E-state index is 0.872. The third kappa shape index (κ3) is 2.14. The molecule has 2 rings (SSSR count). The highest BCUT2D eigenvalue weighted by molar-refractivity contribution is 5.23. The smallest absolute Gasteiger partial charge is 0.0172 e. The standard InChI is InChI=1S/C15H26/c1-10(2)13-7-5-11(3)14-8-6-12(4)15(14)9-13/h10-11,13-14H,5-9H2,1-4H3. The largest absolute Gasteiger partial charge is 0.0738 e. The molecule has 2 aliphatic rings. The fourth-order valence-corrected chi connectivity index (χ4v) is 3.61. The van der Waals surface area contributed by atoms with Gasteiger partial charge in [-0.25, -0.2) is 0 Å². The lowest BCUT2D eigenvalue weighted by Crippen LogP contribution is -2.09. The van der Waals surface area contributed by atoms with Gasteiger partial charge in [-0.1, -0.05) is 31.9 Å². The number of fused-ring (bicyclic) bond motifs is 1. The molecule has 3 atom stereocenters. The van der Waals surface area contributed by atoms with Gasteiger partial charge in [-0.05, 0) is 62.7 Å². The van der Waals surface area contributed by atoms with Crippen LogP contribution in [0.15, 0.2) is 11.1 Å². The summed E-state index contributed by atoms with van der Waals surface area (Å²) in [5.74, 6) is 3.73. The molecule has 1 saturated carbocycles. The van der Waals surface area contributed by atoms with Gasteiger partial charge < -0.3 is 0 Å². The number of hydrogen-bond acceptors (Lipinski definition) is 0. The summed E-state index contributed by atoms with van der Waals surface area (Å²) in [5.41, 5.74) is 3.60. The Kier molecular flexibility index (Phi) is 3.23. The van der Waals surface area contributed by atoms with E-state index in [-0.39, 0.29) is 0 Å². The predicted molar refractivity (Wildman–Crippen MR) is 66.8 cm³/mol. The van der Waals surface area contributed by atoms with Gasteiger partial charge in [0.25, 0.3) is 0 Å². The summed E-state index contributed by atoms with van der Waals surface area (Å²) in [4.78, 5) is 0. The summed E-state index contributed by atoms with van der Waals surface area (Å²) < 4.78 is 0. The van der Waals surface area contributed by atoms with Crippen LogP contribution in [0.5, 0.6) is 0 Å². The van der Waals surface area contributed by atoms with Gasteiger partial charge in [0.15, 0.2) is 0 Å². The lowest BCUT2D eigenvalue weighted by Gasteiger charge is -2.20. The highest BCUT2D eigenvalue weighted by atomic mass is 14.4. The minimum absolute atomic E-state index is 0.872. The molecule has 3 unspecified atom stereocenters. The van der Waals surface area contributed by atoms with E-state index in [1.807, 2.05) is 5.57 Å². The minimum Gasteiger partial charge on any atom is -0.0738 e. The first-order valence-electron chi connectivity index (χ1n) is 6.78. The number of rotatable bonds is 1. The van der Waals surface area contributed by atoms with E-state index in [2.05, 4.69) is 27.7 Å². The molecular weight excluding hydrogens is 180 g/mol. The van der Waals surface area contributed by atoms with E-state index in [1.165, 1.54) is 32.1 Å². The topological polar surface area (TPSA) is 0 Å². The maximum absolute atomic E-state index is 2.48. The number of hydrogen-bond donors (Lipinski definition) is 0. The van der Waals surface area contributed by atoms with Crippen molar-refractivity contribution in [1.29, 1.82) is 0 Å². The fraction of sp³-hybridized carbons (Fsp3) is 0.867. The van der Waals surface area contributed by atoms with E-state index in [4.69, 9.17) is 0 Å². The Balaban J connectivity index is 2.19. The maximum atomic E-state index is 2.48. The van der Waals surface area contributed by atoms with Gasteiger partial charge in [0.1, 0.15) is 0 Å². The Bertz CT molecular complexity index is 259. The van der Waals surface area contributed by atoms with Crippen LogP contribution in [0.1, 0.15) is 59.8 Å². The molecule has 1 fully saturated rings. The third-order valence-electron chi connectivity index (χ3n) is 4.93. The molecular formula is C15H26. The highest BCUT2D eigenvalue weighted by Crippen LogP contribution is 2.46.